The van der Waals surface area contributed by atoms with Crippen LogP contribution in [0.5, 0.6) is 23.0 Å². The van der Waals surface area contributed by atoms with Crippen LogP contribution in [0, 0.1) is 12.3 Å². The van der Waals surface area contributed by atoms with Crippen LogP contribution in [0.15, 0.2) is 42.5 Å². The van der Waals surface area contributed by atoms with E-state index in [9.17, 15) is 4.79 Å². The molecule has 0 atom stereocenters. The Labute approximate surface area is 176 Å². The quantitative estimate of drug-likeness (QED) is 0.377. The van der Waals surface area contributed by atoms with Gasteiger partial charge < -0.3 is 18.9 Å². The van der Waals surface area contributed by atoms with Gasteiger partial charge in [0.15, 0.2) is 17.3 Å². The van der Waals surface area contributed by atoms with Crippen molar-refractivity contribution in [1.82, 2.24) is 0 Å². The van der Waals surface area contributed by atoms with Gasteiger partial charge in [-0.3, -0.25) is 4.79 Å². The van der Waals surface area contributed by atoms with Gasteiger partial charge in [0.25, 0.3) is 0 Å². The van der Waals surface area contributed by atoms with E-state index in [2.05, 4.69) is 5.92 Å². The highest BCUT2D eigenvalue weighted by atomic mass is 16.5. The largest absolute Gasteiger partial charge is 0.496 e. The van der Waals surface area contributed by atoms with Crippen molar-refractivity contribution in [2.75, 3.05) is 20.8 Å². The molecule has 0 saturated heterocycles. The molecule has 0 radical (unpaired) electrons. The minimum Gasteiger partial charge on any atom is -0.496 e. The third kappa shape index (κ3) is 4.49. The maximum atomic E-state index is 13.0. The Morgan fingerprint density at radius 1 is 1.13 bits per heavy atom. The summed E-state index contributed by atoms with van der Waals surface area (Å²) in [7, 11) is 3.15. The fraction of sp³-hybridized carbons (Fsp3) is 0.240. The van der Waals surface area contributed by atoms with Gasteiger partial charge in [-0.2, -0.15) is 0 Å². The monoisotopic (exact) mass is 404 g/mol. The van der Waals surface area contributed by atoms with Gasteiger partial charge in [0.1, 0.15) is 23.7 Å². The smallest absolute Gasteiger partial charge is 0.189 e. The molecule has 0 bridgehead atoms. The van der Waals surface area contributed by atoms with Gasteiger partial charge in [0.05, 0.1) is 25.3 Å². The van der Waals surface area contributed by atoms with Crippen LogP contribution in [0.2, 0.25) is 0 Å². The van der Waals surface area contributed by atoms with Crippen LogP contribution in [-0.2, 0) is 0 Å². The van der Waals surface area contributed by atoms with Gasteiger partial charge in [-0.05, 0) is 61.9 Å². The molecule has 0 spiro atoms. The van der Waals surface area contributed by atoms with E-state index < -0.39 is 5.60 Å². The van der Waals surface area contributed by atoms with Crippen molar-refractivity contribution in [3.63, 3.8) is 0 Å². The molecule has 2 aromatic rings. The van der Waals surface area contributed by atoms with Gasteiger partial charge in [0.2, 0.25) is 0 Å². The van der Waals surface area contributed by atoms with Crippen LogP contribution in [0.3, 0.4) is 0 Å². The van der Waals surface area contributed by atoms with Crippen LogP contribution in [0.1, 0.15) is 35.3 Å². The van der Waals surface area contributed by atoms with Crippen LogP contribution >= 0.6 is 0 Å². The van der Waals surface area contributed by atoms with E-state index in [1.54, 1.807) is 44.6 Å². The standard InChI is InChI=1S/C25H24O5/c1-6-15-29-23-16-17(8-11-22(23)28-5)7-10-20(26)18-9-12-21(27-4)19-13-14-25(2,3)30-24(18)19/h1,7-14,16H,15H2,2-5H3. The molecule has 2 aromatic carbocycles. The molecule has 1 aliphatic heterocycles. The Bertz CT molecular complexity index is 1050. The van der Waals surface area contributed by atoms with Crippen LogP contribution in [0.25, 0.3) is 12.2 Å². The molecule has 3 rings (SSSR count). The summed E-state index contributed by atoms with van der Waals surface area (Å²) in [6.07, 6.45) is 12.3. The summed E-state index contributed by atoms with van der Waals surface area (Å²) < 4.78 is 22.3. The zero-order valence-electron chi connectivity index (χ0n) is 17.5. The van der Waals surface area contributed by atoms with E-state index in [1.165, 1.54) is 6.08 Å². The summed E-state index contributed by atoms with van der Waals surface area (Å²) in [5.74, 6) is 4.50. The molecule has 0 amide bonds. The van der Waals surface area contributed by atoms with Crippen molar-refractivity contribution in [2.45, 2.75) is 19.4 Å². The Balaban J connectivity index is 1.91. The summed E-state index contributed by atoms with van der Waals surface area (Å²) in [4.78, 5) is 13.0. The lowest BCUT2D eigenvalue weighted by Gasteiger charge is -2.29. The van der Waals surface area contributed by atoms with E-state index >= 15 is 0 Å². The highest BCUT2D eigenvalue weighted by Gasteiger charge is 2.27. The summed E-state index contributed by atoms with van der Waals surface area (Å²) in [6, 6.07) is 8.85. The van der Waals surface area contributed by atoms with E-state index in [1.807, 2.05) is 32.1 Å². The van der Waals surface area contributed by atoms with Gasteiger partial charge in [-0.1, -0.05) is 18.1 Å². The maximum Gasteiger partial charge on any atom is 0.189 e. The van der Waals surface area contributed by atoms with Gasteiger partial charge in [0, 0.05) is 0 Å². The fourth-order valence-electron chi connectivity index (χ4n) is 3.09. The molecule has 0 aromatic heterocycles. The number of hydrogen-bond acceptors (Lipinski definition) is 5. The Morgan fingerprint density at radius 3 is 2.57 bits per heavy atom. The van der Waals surface area contributed by atoms with Crippen LogP contribution in [-0.4, -0.2) is 32.2 Å². The molecule has 0 saturated carbocycles. The van der Waals surface area contributed by atoms with Crippen molar-refractivity contribution >= 4 is 17.9 Å². The average molecular weight is 404 g/mol. The number of terminal acetylenes is 1. The topological polar surface area (TPSA) is 54.0 Å². The van der Waals surface area contributed by atoms with Crippen molar-refractivity contribution in [3.8, 4) is 35.3 Å². The number of carbonyl (C=O) groups is 1. The number of hydrogen-bond donors (Lipinski definition) is 0. The van der Waals surface area contributed by atoms with Gasteiger partial charge in [-0.15, -0.1) is 6.42 Å². The zero-order chi connectivity index (χ0) is 21.7. The lowest BCUT2D eigenvalue weighted by molar-refractivity contribution is 0.103. The zero-order valence-corrected chi connectivity index (χ0v) is 17.5. The van der Waals surface area contributed by atoms with Gasteiger partial charge in [-0.25, -0.2) is 0 Å². The lowest BCUT2D eigenvalue weighted by atomic mass is 9.97. The molecule has 5 heteroatoms. The summed E-state index contributed by atoms with van der Waals surface area (Å²) in [5, 5.41) is 0. The first-order chi connectivity index (χ1) is 14.4. The van der Waals surface area contributed by atoms with E-state index in [0.717, 1.165) is 11.1 Å². The first kappa shape index (κ1) is 21.1. The number of fused-ring (bicyclic) bond motifs is 1. The highest BCUT2D eigenvalue weighted by Crippen LogP contribution is 2.40. The van der Waals surface area contributed by atoms with Crippen molar-refractivity contribution in [1.29, 1.82) is 0 Å². The van der Waals surface area contributed by atoms with Gasteiger partial charge >= 0.3 is 0 Å². The predicted octanol–water partition coefficient (Wildman–Crippen LogP) is 4.80. The number of ketones is 1. The first-order valence-electron chi connectivity index (χ1n) is 9.44. The van der Waals surface area contributed by atoms with Crippen LogP contribution < -0.4 is 18.9 Å². The number of carbonyl (C=O) groups excluding carboxylic acids is 1. The SMILES string of the molecule is C#CCOc1cc(C=CC(=O)c2ccc(OC)c3c2OC(C)(C)C=C3)ccc1OC. The maximum absolute atomic E-state index is 13.0. The third-order valence-corrected chi connectivity index (χ3v) is 4.58. The van der Waals surface area contributed by atoms with E-state index in [4.69, 9.17) is 25.4 Å². The molecular weight excluding hydrogens is 380 g/mol. The molecular formula is C25H24O5. The van der Waals surface area contributed by atoms with E-state index in [0.29, 0.717) is 28.6 Å². The lowest BCUT2D eigenvalue weighted by Crippen LogP contribution is -2.28. The fourth-order valence-corrected chi connectivity index (χ4v) is 3.09. The molecule has 1 heterocycles. The Morgan fingerprint density at radius 2 is 1.87 bits per heavy atom. The minimum absolute atomic E-state index is 0.126. The third-order valence-electron chi connectivity index (χ3n) is 4.58. The first-order valence-corrected chi connectivity index (χ1v) is 9.44. The summed E-state index contributed by atoms with van der Waals surface area (Å²) >= 11 is 0. The second kappa shape index (κ2) is 8.79. The Kier molecular flexibility index (Phi) is 6.17. The molecule has 0 aliphatic carbocycles. The van der Waals surface area contributed by atoms with E-state index in [-0.39, 0.29) is 12.4 Å². The average Bonchev–Trinajstić information content (AvgIpc) is 2.74. The molecule has 0 fully saturated rings. The Hall–Kier alpha value is -3.65. The predicted molar refractivity (Wildman–Crippen MR) is 117 cm³/mol. The molecule has 5 nitrogen and oxygen atoms in total. The van der Waals surface area contributed by atoms with Crippen molar-refractivity contribution in [2.24, 2.45) is 0 Å². The summed E-state index contributed by atoms with van der Waals surface area (Å²) in [6.45, 7) is 4.00. The molecule has 0 unspecified atom stereocenters. The van der Waals surface area contributed by atoms with Crippen molar-refractivity contribution in [3.05, 3.63) is 59.2 Å². The molecule has 30 heavy (non-hydrogen) atoms. The number of benzene rings is 2. The second-order valence-corrected chi connectivity index (χ2v) is 7.20. The minimum atomic E-state index is -0.517. The molecule has 154 valence electrons. The van der Waals surface area contributed by atoms with Crippen molar-refractivity contribution < 1.29 is 23.7 Å². The number of allylic oxidation sites excluding steroid dienone is 1. The second-order valence-electron chi connectivity index (χ2n) is 7.20. The summed E-state index contributed by atoms with van der Waals surface area (Å²) in [5.41, 5.74) is 1.49. The normalized spacial score (nSPS) is 13.8. The molecule has 1 aliphatic rings. The number of rotatable bonds is 7. The number of methoxy groups -OCH3 is 2. The highest BCUT2D eigenvalue weighted by molar-refractivity contribution is 6.09. The number of ether oxygens (including phenoxy) is 4. The van der Waals surface area contributed by atoms with Crippen LogP contribution in [0.4, 0.5) is 0 Å². The molecule has 0 N–H and O–H groups in total.